The van der Waals surface area contributed by atoms with Crippen molar-refractivity contribution in [2.24, 2.45) is 5.92 Å². The number of aryl methyl sites for hydroxylation is 1. The number of rotatable bonds is 7. The number of carbonyl (C=O) groups excluding carboxylic acids is 1. The first-order valence-electron chi connectivity index (χ1n) is 10.6. The number of nitrogens with one attached hydrogen (secondary N) is 1. The first kappa shape index (κ1) is 20.1. The maximum atomic E-state index is 12.7. The summed E-state index contributed by atoms with van der Waals surface area (Å²) in [6.07, 6.45) is 5.46. The van der Waals surface area contributed by atoms with Crippen LogP contribution in [0, 0.1) is 12.8 Å². The summed E-state index contributed by atoms with van der Waals surface area (Å²) in [5.41, 5.74) is 1.81. The van der Waals surface area contributed by atoms with E-state index in [1.165, 1.54) is 0 Å². The maximum Gasteiger partial charge on any atom is 0.226 e. The van der Waals surface area contributed by atoms with Crippen LogP contribution in [0.3, 0.4) is 0 Å². The number of hydrogen-bond acceptors (Lipinski definition) is 6. The SMILES string of the molecule is CCOc1ccc2nc(N3CCCC(C(=O)NCCn4cccn4)C3)nc(C)c2c1. The zero-order chi connectivity index (χ0) is 20.9. The Kier molecular flexibility index (Phi) is 6.11. The van der Waals surface area contributed by atoms with Crippen LogP contribution in [0.5, 0.6) is 5.75 Å². The van der Waals surface area contributed by atoms with Gasteiger partial charge in [-0.05, 0) is 51.0 Å². The number of hydrogen-bond donors (Lipinski definition) is 1. The molecular weight excluding hydrogens is 380 g/mol. The lowest BCUT2D eigenvalue weighted by Crippen LogP contribution is -2.44. The molecule has 1 N–H and O–H groups in total. The molecule has 3 aromatic rings. The number of nitrogens with zero attached hydrogens (tertiary/aromatic N) is 5. The number of benzene rings is 1. The van der Waals surface area contributed by atoms with Crippen LogP contribution in [0.2, 0.25) is 0 Å². The third-order valence-electron chi connectivity index (χ3n) is 5.43. The Morgan fingerprint density at radius 1 is 1.33 bits per heavy atom. The number of ether oxygens (including phenoxy) is 1. The highest BCUT2D eigenvalue weighted by Gasteiger charge is 2.27. The number of aromatic nitrogens is 4. The van der Waals surface area contributed by atoms with Gasteiger partial charge in [0, 0.05) is 37.4 Å². The van der Waals surface area contributed by atoms with Crippen molar-refractivity contribution in [1.82, 2.24) is 25.1 Å². The minimum Gasteiger partial charge on any atom is -0.494 e. The second kappa shape index (κ2) is 9.11. The van der Waals surface area contributed by atoms with Crippen LogP contribution < -0.4 is 15.0 Å². The summed E-state index contributed by atoms with van der Waals surface area (Å²) in [6.45, 7) is 7.33. The van der Waals surface area contributed by atoms with Gasteiger partial charge in [0.1, 0.15) is 5.75 Å². The molecule has 0 aliphatic carbocycles. The molecule has 30 heavy (non-hydrogen) atoms. The molecule has 1 fully saturated rings. The molecule has 0 bridgehead atoms. The Labute approximate surface area is 176 Å². The number of fused-ring (bicyclic) bond motifs is 1. The molecule has 1 unspecified atom stereocenters. The second-order valence-electron chi connectivity index (χ2n) is 7.57. The van der Waals surface area contributed by atoms with Crippen molar-refractivity contribution in [3.63, 3.8) is 0 Å². The van der Waals surface area contributed by atoms with E-state index in [4.69, 9.17) is 14.7 Å². The van der Waals surface area contributed by atoms with Crippen molar-refractivity contribution in [3.8, 4) is 5.75 Å². The van der Waals surface area contributed by atoms with Crippen molar-refractivity contribution in [1.29, 1.82) is 0 Å². The molecule has 1 aliphatic heterocycles. The lowest BCUT2D eigenvalue weighted by atomic mass is 9.97. The Hall–Kier alpha value is -3.16. The van der Waals surface area contributed by atoms with Crippen LogP contribution in [0.4, 0.5) is 5.95 Å². The first-order valence-corrected chi connectivity index (χ1v) is 10.6. The average Bonchev–Trinajstić information content (AvgIpc) is 3.28. The van der Waals surface area contributed by atoms with Crippen molar-refractivity contribution in [3.05, 3.63) is 42.4 Å². The molecule has 158 valence electrons. The minimum atomic E-state index is -0.0590. The molecule has 2 aromatic heterocycles. The highest BCUT2D eigenvalue weighted by atomic mass is 16.5. The molecule has 1 aliphatic rings. The van der Waals surface area contributed by atoms with Crippen molar-refractivity contribution in [2.45, 2.75) is 33.2 Å². The number of anilines is 1. The molecule has 4 rings (SSSR count). The average molecular weight is 409 g/mol. The largest absolute Gasteiger partial charge is 0.494 e. The van der Waals surface area contributed by atoms with Gasteiger partial charge in [-0.1, -0.05) is 0 Å². The van der Waals surface area contributed by atoms with Gasteiger partial charge in [0.15, 0.2) is 0 Å². The lowest BCUT2D eigenvalue weighted by molar-refractivity contribution is -0.125. The zero-order valence-corrected chi connectivity index (χ0v) is 17.5. The molecule has 0 saturated carbocycles. The highest BCUT2D eigenvalue weighted by molar-refractivity contribution is 5.83. The maximum absolute atomic E-state index is 12.7. The summed E-state index contributed by atoms with van der Waals surface area (Å²) in [6, 6.07) is 7.78. The summed E-state index contributed by atoms with van der Waals surface area (Å²) >= 11 is 0. The van der Waals surface area contributed by atoms with Crippen LogP contribution in [0.15, 0.2) is 36.7 Å². The van der Waals surface area contributed by atoms with Gasteiger partial charge in [-0.3, -0.25) is 9.48 Å². The van der Waals surface area contributed by atoms with Gasteiger partial charge < -0.3 is 15.0 Å². The number of carbonyl (C=O) groups is 1. The summed E-state index contributed by atoms with van der Waals surface area (Å²) in [7, 11) is 0. The Morgan fingerprint density at radius 3 is 3.03 bits per heavy atom. The van der Waals surface area contributed by atoms with Gasteiger partial charge in [0.2, 0.25) is 11.9 Å². The summed E-state index contributed by atoms with van der Waals surface area (Å²) in [5, 5.41) is 8.19. The van der Waals surface area contributed by atoms with Gasteiger partial charge in [-0.2, -0.15) is 5.10 Å². The van der Waals surface area contributed by atoms with Gasteiger partial charge in [-0.15, -0.1) is 0 Å². The van der Waals surface area contributed by atoms with Gasteiger partial charge in [0.05, 0.1) is 30.3 Å². The third kappa shape index (κ3) is 4.53. The van der Waals surface area contributed by atoms with Gasteiger partial charge >= 0.3 is 0 Å². The molecular formula is C22H28N6O2. The van der Waals surface area contributed by atoms with Crippen LogP contribution in [0.25, 0.3) is 10.9 Å². The lowest BCUT2D eigenvalue weighted by Gasteiger charge is -2.32. The van der Waals surface area contributed by atoms with E-state index >= 15 is 0 Å². The molecule has 0 radical (unpaired) electrons. The van der Waals surface area contributed by atoms with Crippen molar-refractivity contribution >= 4 is 22.8 Å². The molecule has 1 aromatic carbocycles. The van der Waals surface area contributed by atoms with Crippen LogP contribution >= 0.6 is 0 Å². The fourth-order valence-electron chi connectivity index (χ4n) is 3.89. The predicted octanol–water partition coefficient (Wildman–Crippen LogP) is 2.57. The zero-order valence-electron chi connectivity index (χ0n) is 17.5. The minimum absolute atomic E-state index is 0.0590. The molecule has 1 amide bonds. The predicted molar refractivity (Wildman–Crippen MR) is 116 cm³/mol. The topological polar surface area (TPSA) is 85.2 Å². The fourth-order valence-corrected chi connectivity index (χ4v) is 3.89. The summed E-state index contributed by atoms with van der Waals surface area (Å²) in [4.78, 5) is 24.3. The standard InChI is InChI=1S/C22H28N6O2/c1-3-30-18-7-8-20-19(14-18)16(2)25-22(26-20)27-11-4-6-17(15-27)21(29)23-10-13-28-12-5-9-24-28/h5,7-9,12,14,17H,3-4,6,10-11,13,15H2,1-2H3,(H,23,29). The van der Waals surface area contributed by atoms with E-state index in [9.17, 15) is 4.79 Å². The molecule has 1 saturated heterocycles. The fraction of sp³-hybridized carbons (Fsp3) is 0.455. The Bertz CT molecular complexity index is 1000. The normalized spacial score (nSPS) is 16.6. The van der Waals surface area contributed by atoms with E-state index in [2.05, 4.69) is 15.3 Å². The highest BCUT2D eigenvalue weighted by Crippen LogP contribution is 2.26. The number of amides is 1. The molecule has 8 nitrogen and oxygen atoms in total. The molecule has 0 spiro atoms. The quantitative estimate of drug-likeness (QED) is 0.647. The van der Waals surface area contributed by atoms with E-state index in [0.717, 1.165) is 41.7 Å². The second-order valence-corrected chi connectivity index (χ2v) is 7.57. The summed E-state index contributed by atoms with van der Waals surface area (Å²) in [5.74, 6) is 1.55. The smallest absolute Gasteiger partial charge is 0.226 e. The van der Waals surface area contributed by atoms with E-state index in [-0.39, 0.29) is 11.8 Å². The van der Waals surface area contributed by atoms with E-state index in [0.29, 0.717) is 32.2 Å². The Morgan fingerprint density at radius 2 is 2.23 bits per heavy atom. The molecule has 8 heteroatoms. The van der Waals surface area contributed by atoms with E-state index in [1.807, 2.05) is 49.0 Å². The van der Waals surface area contributed by atoms with Crippen molar-refractivity contribution < 1.29 is 9.53 Å². The first-order chi connectivity index (χ1) is 14.6. The van der Waals surface area contributed by atoms with E-state index in [1.54, 1.807) is 6.20 Å². The molecule has 1 atom stereocenters. The molecule has 3 heterocycles. The van der Waals surface area contributed by atoms with Gasteiger partial charge in [-0.25, -0.2) is 9.97 Å². The van der Waals surface area contributed by atoms with Crippen LogP contribution in [-0.2, 0) is 11.3 Å². The van der Waals surface area contributed by atoms with Crippen molar-refractivity contribution in [2.75, 3.05) is 31.1 Å². The van der Waals surface area contributed by atoms with Crippen LogP contribution in [-0.4, -0.2) is 51.9 Å². The summed E-state index contributed by atoms with van der Waals surface area (Å²) < 4.78 is 7.41. The number of piperidine rings is 1. The van der Waals surface area contributed by atoms with E-state index < -0.39 is 0 Å². The van der Waals surface area contributed by atoms with Crippen LogP contribution in [0.1, 0.15) is 25.5 Å². The monoisotopic (exact) mass is 408 g/mol. The van der Waals surface area contributed by atoms with Gasteiger partial charge in [0.25, 0.3) is 0 Å². The Balaban J connectivity index is 1.42. The third-order valence-corrected chi connectivity index (χ3v) is 5.43.